The number of amides is 1. The first-order chi connectivity index (χ1) is 8.20. The smallest absolute Gasteiger partial charge is 0.226 e. The molecule has 0 saturated carbocycles. The molecule has 1 aromatic rings. The van der Waals surface area contributed by atoms with Gasteiger partial charge in [-0.1, -0.05) is 19.1 Å². The molecule has 4 nitrogen and oxygen atoms in total. The molecule has 1 aliphatic heterocycles. The van der Waals surface area contributed by atoms with Gasteiger partial charge in [0.05, 0.1) is 11.4 Å². The fourth-order valence-electron chi connectivity index (χ4n) is 2.01. The van der Waals surface area contributed by atoms with Gasteiger partial charge in [0.25, 0.3) is 0 Å². The molecule has 17 heavy (non-hydrogen) atoms. The van der Waals surface area contributed by atoms with Gasteiger partial charge in [-0.05, 0) is 12.1 Å². The largest absolute Gasteiger partial charge is 0.369 e. The Morgan fingerprint density at radius 3 is 3.00 bits per heavy atom. The van der Waals surface area contributed by atoms with E-state index in [4.69, 9.17) is 0 Å². The minimum absolute atomic E-state index is 0.0266. The molecule has 2 rings (SSSR count). The van der Waals surface area contributed by atoms with E-state index in [0.29, 0.717) is 19.5 Å². The minimum Gasteiger partial charge on any atom is -0.369 e. The van der Waals surface area contributed by atoms with Gasteiger partial charge in [0.15, 0.2) is 0 Å². The van der Waals surface area contributed by atoms with E-state index in [1.807, 2.05) is 31.2 Å². The van der Waals surface area contributed by atoms with Crippen LogP contribution < -0.4 is 10.2 Å². The van der Waals surface area contributed by atoms with Crippen LogP contribution in [0.1, 0.15) is 13.3 Å². The Kier molecular flexibility index (Phi) is 3.42. The molecule has 4 heteroatoms. The number of aldehydes is 1. The van der Waals surface area contributed by atoms with Crippen LogP contribution in [0.4, 0.5) is 11.4 Å². The van der Waals surface area contributed by atoms with Crippen molar-refractivity contribution in [2.75, 3.05) is 23.3 Å². The Hall–Kier alpha value is -1.84. The standard InChI is InChI=1S/C13H16N2O2/c1-10(9-16)8-15-7-6-13(17)14-11-4-2-3-5-12(11)15/h2-5,9-10H,6-8H2,1H3,(H,14,17). The van der Waals surface area contributed by atoms with Crippen molar-refractivity contribution in [3.05, 3.63) is 24.3 Å². The van der Waals surface area contributed by atoms with Crippen molar-refractivity contribution in [1.29, 1.82) is 0 Å². The van der Waals surface area contributed by atoms with Crippen molar-refractivity contribution < 1.29 is 9.59 Å². The van der Waals surface area contributed by atoms with Crippen molar-refractivity contribution in [1.82, 2.24) is 0 Å². The molecule has 1 unspecified atom stereocenters. The van der Waals surface area contributed by atoms with E-state index in [1.54, 1.807) is 0 Å². The van der Waals surface area contributed by atoms with E-state index in [-0.39, 0.29) is 11.8 Å². The highest BCUT2D eigenvalue weighted by Crippen LogP contribution is 2.28. The lowest BCUT2D eigenvalue weighted by molar-refractivity contribution is -0.116. The third-order valence-corrected chi connectivity index (χ3v) is 2.87. The molecule has 1 heterocycles. The molecule has 1 amide bonds. The highest BCUT2D eigenvalue weighted by molar-refractivity contribution is 5.96. The van der Waals surface area contributed by atoms with Crippen LogP contribution in [0.25, 0.3) is 0 Å². The van der Waals surface area contributed by atoms with Gasteiger partial charge in [0.1, 0.15) is 6.29 Å². The van der Waals surface area contributed by atoms with Gasteiger partial charge in [-0.2, -0.15) is 0 Å². The van der Waals surface area contributed by atoms with Crippen LogP contribution in [0, 0.1) is 5.92 Å². The number of hydrogen-bond donors (Lipinski definition) is 1. The van der Waals surface area contributed by atoms with E-state index in [9.17, 15) is 9.59 Å². The number of nitrogens with one attached hydrogen (secondary N) is 1. The number of fused-ring (bicyclic) bond motifs is 1. The molecule has 1 aromatic carbocycles. The van der Waals surface area contributed by atoms with Gasteiger partial charge in [-0.25, -0.2) is 0 Å². The van der Waals surface area contributed by atoms with Crippen molar-refractivity contribution >= 4 is 23.6 Å². The summed E-state index contributed by atoms with van der Waals surface area (Å²) >= 11 is 0. The number of anilines is 2. The Labute approximate surface area is 101 Å². The molecule has 1 aliphatic rings. The third kappa shape index (κ3) is 2.64. The first-order valence-electron chi connectivity index (χ1n) is 5.80. The lowest BCUT2D eigenvalue weighted by atomic mass is 10.1. The summed E-state index contributed by atoms with van der Waals surface area (Å²) in [5.74, 6) is -0.00466. The summed E-state index contributed by atoms with van der Waals surface area (Å²) in [7, 11) is 0. The Balaban J connectivity index is 2.28. The van der Waals surface area contributed by atoms with Gasteiger partial charge in [-0.15, -0.1) is 0 Å². The average Bonchev–Trinajstić information content (AvgIpc) is 2.49. The predicted molar refractivity (Wildman–Crippen MR) is 67.1 cm³/mol. The minimum atomic E-state index is -0.0312. The van der Waals surface area contributed by atoms with Crippen molar-refractivity contribution in [2.24, 2.45) is 5.92 Å². The normalized spacial score (nSPS) is 16.8. The molecule has 0 spiro atoms. The topological polar surface area (TPSA) is 49.4 Å². The van der Waals surface area contributed by atoms with Crippen LogP contribution in [0.2, 0.25) is 0 Å². The molecule has 0 saturated heterocycles. The molecule has 0 aliphatic carbocycles. The zero-order valence-corrected chi connectivity index (χ0v) is 9.85. The molecule has 1 atom stereocenters. The zero-order chi connectivity index (χ0) is 12.3. The van der Waals surface area contributed by atoms with Crippen molar-refractivity contribution in [3.8, 4) is 0 Å². The Morgan fingerprint density at radius 1 is 1.47 bits per heavy atom. The van der Waals surface area contributed by atoms with Gasteiger partial charge >= 0.3 is 0 Å². The van der Waals surface area contributed by atoms with Crippen molar-refractivity contribution in [3.63, 3.8) is 0 Å². The van der Waals surface area contributed by atoms with E-state index in [0.717, 1.165) is 17.7 Å². The fourth-order valence-corrected chi connectivity index (χ4v) is 2.01. The van der Waals surface area contributed by atoms with E-state index in [2.05, 4.69) is 10.2 Å². The maximum Gasteiger partial charge on any atom is 0.226 e. The van der Waals surface area contributed by atoms with Gasteiger partial charge in [-0.3, -0.25) is 4.79 Å². The average molecular weight is 232 g/mol. The maximum atomic E-state index is 11.5. The number of nitrogens with zero attached hydrogens (tertiary/aromatic N) is 1. The fraction of sp³-hybridized carbons (Fsp3) is 0.385. The van der Waals surface area contributed by atoms with Crippen LogP contribution in [-0.2, 0) is 9.59 Å². The highest BCUT2D eigenvalue weighted by atomic mass is 16.1. The summed E-state index contributed by atoms with van der Waals surface area (Å²) in [5, 5.41) is 2.87. The second-order valence-electron chi connectivity index (χ2n) is 4.37. The second kappa shape index (κ2) is 4.99. The monoisotopic (exact) mass is 232 g/mol. The summed E-state index contributed by atoms with van der Waals surface area (Å²) in [6.07, 6.45) is 1.41. The van der Waals surface area contributed by atoms with Gasteiger partial charge < -0.3 is 15.0 Å². The first kappa shape index (κ1) is 11.6. The zero-order valence-electron chi connectivity index (χ0n) is 9.85. The summed E-state index contributed by atoms with van der Waals surface area (Å²) in [5.41, 5.74) is 1.82. The first-order valence-corrected chi connectivity index (χ1v) is 5.80. The summed E-state index contributed by atoms with van der Waals surface area (Å²) in [6.45, 7) is 3.19. The van der Waals surface area contributed by atoms with Crippen LogP contribution in [-0.4, -0.2) is 25.3 Å². The number of benzene rings is 1. The van der Waals surface area contributed by atoms with E-state index >= 15 is 0 Å². The number of rotatable bonds is 3. The highest BCUT2D eigenvalue weighted by Gasteiger charge is 2.19. The number of carbonyl (C=O) groups is 2. The predicted octanol–water partition coefficient (Wildman–Crippen LogP) is 1.67. The number of carbonyl (C=O) groups excluding carboxylic acids is 2. The second-order valence-corrected chi connectivity index (χ2v) is 4.37. The van der Waals surface area contributed by atoms with Gasteiger partial charge in [0, 0.05) is 25.4 Å². The SMILES string of the molecule is CC(C=O)CN1CCC(=O)Nc2ccccc21. The summed E-state index contributed by atoms with van der Waals surface area (Å²) in [6, 6.07) is 7.69. The Morgan fingerprint density at radius 2 is 2.24 bits per heavy atom. The summed E-state index contributed by atoms with van der Waals surface area (Å²) in [4.78, 5) is 24.4. The van der Waals surface area contributed by atoms with Crippen LogP contribution in [0.3, 0.4) is 0 Å². The quantitative estimate of drug-likeness (QED) is 0.806. The number of hydrogen-bond acceptors (Lipinski definition) is 3. The molecular weight excluding hydrogens is 216 g/mol. The number of para-hydroxylation sites is 2. The Bertz CT molecular complexity index is 431. The van der Waals surface area contributed by atoms with E-state index in [1.165, 1.54) is 0 Å². The van der Waals surface area contributed by atoms with Crippen LogP contribution >= 0.6 is 0 Å². The molecule has 1 N–H and O–H groups in total. The van der Waals surface area contributed by atoms with Crippen LogP contribution in [0.5, 0.6) is 0 Å². The molecule has 0 radical (unpaired) electrons. The maximum absolute atomic E-state index is 11.5. The molecule has 90 valence electrons. The molecule has 0 fully saturated rings. The summed E-state index contributed by atoms with van der Waals surface area (Å²) < 4.78 is 0. The lowest BCUT2D eigenvalue weighted by Crippen LogP contribution is -2.30. The molecular formula is C13H16N2O2. The molecule has 0 aromatic heterocycles. The van der Waals surface area contributed by atoms with E-state index < -0.39 is 0 Å². The lowest BCUT2D eigenvalue weighted by Gasteiger charge is -2.25. The van der Waals surface area contributed by atoms with Crippen LogP contribution in [0.15, 0.2) is 24.3 Å². The van der Waals surface area contributed by atoms with Crippen molar-refractivity contribution in [2.45, 2.75) is 13.3 Å². The van der Waals surface area contributed by atoms with Gasteiger partial charge in [0.2, 0.25) is 5.91 Å². The third-order valence-electron chi connectivity index (χ3n) is 2.87. The molecule has 0 bridgehead atoms.